The van der Waals surface area contributed by atoms with Crippen molar-refractivity contribution < 1.29 is 4.74 Å². The minimum Gasteiger partial charge on any atom is -0.488 e. The molecule has 3 aromatic rings. The van der Waals surface area contributed by atoms with Crippen molar-refractivity contribution in [3.8, 4) is 5.75 Å². The van der Waals surface area contributed by atoms with E-state index in [1.807, 2.05) is 30.3 Å². The van der Waals surface area contributed by atoms with Crippen LogP contribution in [0.5, 0.6) is 5.75 Å². The molecule has 0 aliphatic heterocycles. The van der Waals surface area contributed by atoms with Gasteiger partial charge in [-0.2, -0.15) is 0 Å². The number of nitrogens with one attached hydrogen (secondary N) is 1. The SMILES string of the molecule is Clc1ccc(COc2ccc(CNCc3cccs3)cc2Br)cc1. The van der Waals surface area contributed by atoms with E-state index in [0.29, 0.717) is 6.61 Å². The predicted molar refractivity (Wildman–Crippen MR) is 105 cm³/mol. The summed E-state index contributed by atoms with van der Waals surface area (Å²) in [5.74, 6) is 0.840. The second kappa shape index (κ2) is 8.67. The molecule has 0 spiro atoms. The van der Waals surface area contributed by atoms with Crippen LogP contribution in [0.1, 0.15) is 16.0 Å². The third kappa shape index (κ3) is 5.08. The van der Waals surface area contributed by atoms with Gasteiger partial charge in [0.05, 0.1) is 4.47 Å². The van der Waals surface area contributed by atoms with Crippen LogP contribution in [0.25, 0.3) is 0 Å². The standard InChI is InChI=1S/C19H17BrClNOS/c20-18-10-15(11-22-12-17-2-1-9-24-17)5-8-19(18)23-13-14-3-6-16(21)7-4-14/h1-10,22H,11-13H2. The van der Waals surface area contributed by atoms with E-state index in [9.17, 15) is 0 Å². The van der Waals surface area contributed by atoms with Crippen molar-refractivity contribution in [1.29, 1.82) is 0 Å². The molecule has 0 aliphatic carbocycles. The Bertz CT molecular complexity index is 775. The fourth-order valence-electron chi connectivity index (χ4n) is 2.26. The lowest BCUT2D eigenvalue weighted by Crippen LogP contribution is -2.11. The van der Waals surface area contributed by atoms with Crippen LogP contribution in [0, 0.1) is 0 Å². The Kier molecular flexibility index (Phi) is 6.32. The van der Waals surface area contributed by atoms with Crippen molar-refractivity contribution in [2.24, 2.45) is 0 Å². The number of halogens is 2. The molecule has 0 fully saturated rings. The van der Waals surface area contributed by atoms with Gasteiger partial charge in [0.1, 0.15) is 12.4 Å². The highest BCUT2D eigenvalue weighted by Gasteiger charge is 2.04. The Morgan fingerprint density at radius 2 is 1.79 bits per heavy atom. The van der Waals surface area contributed by atoms with Gasteiger partial charge in [0.25, 0.3) is 0 Å². The van der Waals surface area contributed by atoms with Gasteiger partial charge in [0.15, 0.2) is 0 Å². The number of hydrogen-bond donors (Lipinski definition) is 1. The largest absolute Gasteiger partial charge is 0.488 e. The maximum atomic E-state index is 5.89. The summed E-state index contributed by atoms with van der Waals surface area (Å²) < 4.78 is 6.84. The van der Waals surface area contributed by atoms with E-state index in [-0.39, 0.29) is 0 Å². The summed E-state index contributed by atoms with van der Waals surface area (Å²) in [6.07, 6.45) is 0. The van der Waals surface area contributed by atoms with E-state index in [4.69, 9.17) is 16.3 Å². The monoisotopic (exact) mass is 421 g/mol. The highest BCUT2D eigenvalue weighted by molar-refractivity contribution is 9.10. The molecule has 2 nitrogen and oxygen atoms in total. The van der Waals surface area contributed by atoms with Crippen LogP contribution in [0.3, 0.4) is 0 Å². The maximum Gasteiger partial charge on any atom is 0.134 e. The van der Waals surface area contributed by atoms with Gasteiger partial charge in [0.2, 0.25) is 0 Å². The van der Waals surface area contributed by atoms with E-state index in [1.165, 1.54) is 10.4 Å². The normalized spacial score (nSPS) is 10.8. The van der Waals surface area contributed by atoms with Crippen LogP contribution in [-0.2, 0) is 19.7 Å². The minimum absolute atomic E-state index is 0.520. The zero-order chi connectivity index (χ0) is 16.8. The van der Waals surface area contributed by atoms with Crippen molar-refractivity contribution in [2.45, 2.75) is 19.7 Å². The summed E-state index contributed by atoms with van der Waals surface area (Å²) in [6, 6.07) is 18.1. The number of thiophene rings is 1. The lowest BCUT2D eigenvalue weighted by atomic mass is 10.2. The summed E-state index contributed by atoms with van der Waals surface area (Å²) in [5, 5.41) is 6.28. The molecule has 1 N–H and O–H groups in total. The van der Waals surface area contributed by atoms with Gasteiger partial charge in [-0.25, -0.2) is 0 Å². The number of benzene rings is 2. The van der Waals surface area contributed by atoms with E-state index >= 15 is 0 Å². The number of ether oxygens (including phenoxy) is 1. The van der Waals surface area contributed by atoms with E-state index in [2.05, 4.69) is 50.9 Å². The van der Waals surface area contributed by atoms with E-state index in [1.54, 1.807) is 11.3 Å². The molecule has 0 aliphatic rings. The van der Waals surface area contributed by atoms with Gasteiger partial charge in [-0.15, -0.1) is 11.3 Å². The summed E-state index contributed by atoms with van der Waals surface area (Å²) in [6.45, 7) is 2.24. The molecule has 0 atom stereocenters. The Hall–Kier alpha value is -1.33. The van der Waals surface area contributed by atoms with Gasteiger partial charge in [-0.05, 0) is 62.8 Å². The smallest absolute Gasteiger partial charge is 0.134 e. The van der Waals surface area contributed by atoms with Gasteiger partial charge >= 0.3 is 0 Å². The molecular formula is C19H17BrClNOS. The second-order valence-corrected chi connectivity index (χ2v) is 7.69. The summed E-state index contributed by atoms with van der Waals surface area (Å²) >= 11 is 11.3. The van der Waals surface area contributed by atoms with Crippen LogP contribution in [0.2, 0.25) is 5.02 Å². The Balaban J connectivity index is 1.53. The molecule has 124 valence electrons. The average Bonchev–Trinajstić information content (AvgIpc) is 3.09. The van der Waals surface area contributed by atoms with Crippen molar-refractivity contribution in [1.82, 2.24) is 5.32 Å². The molecule has 0 amide bonds. The molecule has 0 bridgehead atoms. The first-order valence-corrected chi connectivity index (χ1v) is 9.64. The molecule has 1 aromatic heterocycles. The molecule has 24 heavy (non-hydrogen) atoms. The molecule has 0 saturated carbocycles. The zero-order valence-corrected chi connectivity index (χ0v) is 16.1. The molecule has 3 rings (SSSR count). The number of rotatable bonds is 7. The summed E-state index contributed by atoms with van der Waals surface area (Å²) in [4.78, 5) is 1.34. The predicted octanol–water partition coefficient (Wildman–Crippen LogP) is 6.03. The highest BCUT2D eigenvalue weighted by Crippen LogP contribution is 2.27. The van der Waals surface area contributed by atoms with E-state index < -0.39 is 0 Å². The van der Waals surface area contributed by atoms with Crippen LogP contribution in [-0.4, -0.2) is 0 Å². The lowest BCUT2D eigenvalue weighted by molar-refractivity contribution is 0.304. The quantitative estimate of drug-likeness (QED) is 0.501. The van der Waals surface area contributed by atoms with Crippen LogP contribution in [0.15, 0.2) is 64.5 Å². The lowest BCUT2D eigenvalue weighted by Gasteiger charge is -2.10. The van der Waals surface area contributed by atoms with Gasteiger partial charge < -0.3 is 10.1 Å². The Labute approximate surface area is 159 Å². The van der Waals surface area contributed by atoms with Crippen LogP contribution in [0.4, 0.5) is 0 Å². The van der Waals surface area contributed by atoms with Gasteiger partial charge in [-0.3, -0.25) is 0 Å². The maximum absolute atomic E-state index is 5.89. The second-order valence-electron chi connectivity index (χ2n) is 5.36. The van der Waals surface area contributed by atoms with Crippen molar-refractivity contribution >= 4 is 38.9 Å². The third-order valence-corrected chi connectivity index (χ3v) is 5.26. The molecular weight excluding hydrogens is 406 g/mol. The third-order valence-electron chi connectivity index (χ3n) is 3.51. The zero-order valence-electron chi connectivity index (χ0n) is 13.0. The summed E-state index contributed by atoms with van der Waals surface area (Å²) in [5.41, 5.74) is 2.31. The first kappa shape index (κ1) is 17.5. The molecule has 0 unspecified atom stereocenters. The summed E-state index contributed by atoms with van der Waals surface area (Å²) in [7, 11) is 0. The Morgan fingerprint density at radius 3 is 2.50 bits per heavy atom. The molecule has 1 heterocycles. The Morgan fingerprint density at radius 1 is 1.00 bits per heavy atom. The minimum atomic E-state index is 0.520. The first-order chi connectivity index (χ1) is 11.7. The molecule has 0 saturated heterocycles. The van der Waals surface area contributed by atoms with E-state index in [0.717, 1.165) is 33.9 Å². The fraction of sp³-hybridized carbons (Fsp3) is 0.158. The fourth-order valence-corrected chi connectivity index (χ4v) is 3.60. The van der Waals surface area contributed by atoms with Crippen LogP contribution < -0.4 is 10.1 Å². The highest BCUT2D eigenvalue weighted by atomic mass is 79.9. The topological polar surface area (TPSA) is 21.3 Å². The van der Waals surface area contributed by atoms with Gasteiger partial charge in [0, 0.05) is 23.0 Å². The van der Waals surface area contributed by atoms with Crippen LogP contribution >= 0.6 is 38.9 Å². The molecule has 0 radical (unpaired) electrons. The average molecular weight is 423 g/mol. The van der Waals surface area contributed by atoms with Gasteiger partial charge in [-0.1, -0.05) is 35.9 Å². The van der Waals surface area contributed by atoms with Crippen molar-refractivity contribution in [2.75, 3.05) is 0 Å². The molecule has 2 aromatic carbocycles. The molecule has 5 heteroatoms. The number of hydrogen-bond acceptors (Lipinski definition) is 3. The first-order valence-electron chi connectivity index (χ1n) is 7.59. The van der Waals surface area contributed by atoms with Crippen molar-refractivity contribution in [3.63, 3.8) is 0 Å². The van der Waals surface area contributed by atoms with Crippen molar-refractivity contribution in [3.05, 3.63) is 85.5 Å².